The van der Waals surface area contributed by atoms with E-state index in [1.807, 2.05) is 0 Å². The third kappa shape index (κ3) is 2.79. The Morgan fingerprint density at radius 1 is 1.53 bits per heavy atom. The molecular weight excluding hydrogens is 244 g/mol. The summed E-state index contributed by atoms with van der Waals surface area (Å²) in [5.74, 6) is -0.133. The molecule has 19 heavy (non-hydrogen) atoms. The summed E-state index contributed by atoms with van der Waals surface area (Å²) < 4.78 is 4.92. The van der Waals surface area contributed by atoms with Crippen LogP contribution >= 0.6 is 0 Å². The van der Waals surface area contributed by atoms with E-state index >= 15 is 0 Å². The molecule has 1 aromatic rings. The number of nitrogens with one attached hydrogen (secondary N) is 1. The highest BCUT2D eigenvalue weighted by atomic mass is 16.5. The molecule has 100 valence electrons. The Labute approximate surface area is 111 Å². The normalized spacial score (nSPS) is 21.7. The van der Waals surface area contributed by atoms with Crippen LogP contribution in [-0.4, -0.2) is 24.2 Å². The van der Waals surface area contributed by atoms with Gasteiger partial charge in [-0.05, 0) is 37.5 Å². The first kappa shape index (κ1) is 13.2. The van der Waals surface area contributed by atoms with Gasteiger partial charge in [-0.1, -0.05) is 0 Å². The van der Waals surface area contributed by atoms with Crippen LogP contribution in [0.5, 0.6) is 11.5 Å². The van der Waals surface area contributed by atoms with Crippen LogP contribution < -0.4 is 10.1 Å². The van der Waals surface area contributed by atoms with Crippen LogP contribution in [0.1, 0.15) is 29.6 Å². The topological polar surface area (TPSA) is 82.3 Å². The lowest BCUT2D eigenvalue weighted by Gasteiger charge is -2.15. The number of nitriles is 1. The smallest absolute Gasteiger partial charge is 0.251 e. The summed E-state index contributed by atoms with van der Waals surface area (Å²) in [6, 6.07) is 6.62. The Hall–Kier alpha value is -2.22. The second-order valence-corrected chi connectivity index (χ2v) is 4.63. The highest BCUT2D eigenvalue weighted by Gasteiger charge is 2.28. The number of carbonyl (C=O) groups is 1. The molecule has 1 saturated carbocycles. The fourth-order valence-corrected chi connectivity index (χ4v) is 2.37. The van der Waals surface area contributed by atoms with Gasteiger partial charge in [0, 0.05) is 11.6 Å². The maximum absolute atomic E-state index is 12.0. The number of nitrogens with zero attached hydrogens (tertiary/aromatic N) is 1. The Kier molecular flexibility index (Phi) is 3.91. The number of amides is 1. The van der Waals surface area contributed by atoms with Crippen LogP contribution in [0, 0.1) is 17.2 Å². The molecule has 1 aromatic carbocycles. The summed E-state index contributed by atoms with van der Waals surface area (Å²) in [4.78, 5) is 12.0. The molecule has 1 aliphatic rings. The molecule has 1 amide bonds. The third-order valence-electron chi connectivity index (χ3n) is 3.44. The summed E-state index contributed by atoms with van der Waals surface area (Å²) in [6.45, 7) is 0. The third-order valence-corrected chi connectivity index (χ3v) is 3.44. The van der Waals surface area contributed by atoms with Gasteiger partial charge in [-0.15, -0.1) is 0 Å². The Bertz CT molecular complexity index is 522. The molecule has 0 spiro atoms. The van der Waals surface area contributed by atoms with Gasteiger partial charge in [-0.25, -0.2) is 0 Å². The number of methoxy groups -OCH3 is 1. The molecule has 0 radical (unpaired) electrons. The van der Waals surface area contributed by atoms with Gasteiger partial charge in [0.05, 0.1) is 19.1 Å². The van der Waals surface area contributed by atoms with Crippen molar-refractivity contribution in [1.29, 1.82) is 5.26 Å². The van der Waals surface area contributed by atoms with Crippen molar-refractivity contribution in [3.8, 4) is 17.6 Å². The zero-order valence-electron chi connectivity index (χ0n) is 10.7. The molecule has 1 fully saturated rings. The monoisotopic (exact) mass is 260 g/mol. The van der Waals surface area contributed by atoms with E-state index in [0.29, 0.717) is 11.3 Å². The molecule has 0 heterocycles. The number of benzene rings is 1. The van der Waals surface area contributed by atoms with Crippen LogP contribution in [0.2, 0.25) is 0 Å². The van der Waals surface area contributed by atoms with Crippen molar-refractivity contribution >= 4 is 5.91 Å². The molecule has 2 atom stereocenters. The molecule has 5 heteroatoms. The first-order chi connectivity index (χ1) is 9.15. The molecule has 0 aliphatic heterocycles. The average molecular weight is 260 g/mol. The quantitative estimate of drug-likeness (QED) is 0.868. The predicted molar refractivity (Wildman–Crippen MR) is 68.9 cm³/mol. The summed E-state index contributed by atoms with van der Waals surface area (Å²) in [5, 5.41) is 21.5. The van der Waals surface area contributed by atoms with Gasteiger partial charge < -0.3 is 15.2 Å². The van der Waals surface area contributed by atoms with Gasteiger partial charge in [-0.3, -0.25) is 4.79 Å². The highest BCUT2D eigenvalue weighted by Crippen LogP contribution is 2.28. The highest BCUT2D eigenvalue weighted by molar-refractivity contribution is 5.95. The van der Waals surface area contributed by atoms with Crippen LogP contribution in [0.25, 0.3) is 0 Å². The minimum absolute atomic E-state index is 0.0709. The number of rotatable bonds is 3. The maximum atomic E-state index is 12.0. The Morgan fingerprint density at radius 2 is 2.32 bits per heavy atom. The lowest BCUT2D eigenvalue weighted by molar-refractivity contribution is 0.0932. The lowest BCUT2D eigenvalue weighted by atomic mass is 10.1. The second kappa shape index (κ2) is 5.61. The molecule has 0 aromatic heterocycles. The van der Waals surface area contributed by atoms with E-state index in [2.05, 4.69) is 11.4 Å². The van der Waals surface area contributed by atoms with E-state index < -0.39 is 0 Å². The van der Waals surface area contributed by atoms with E-state index in [4.69, 9.17) is 10.00 Å². The molecule has 5 nitrogen and oxygen atoms in total. The van der Waals surface area contributed by atoms with E-state index in [9.17, 15) is 9.90 Å². The minimum Gasteiger partial charge on any atom is -0.504 e. The summed E-state index contributed by atoms with van der Waals surface area (Å²) in [6.07, 6.45) is 2.61. The number of hydrogen-bond acceptors (Lipinski definition) is 4. The largest absolute Gasteiger partial charge is 0.504 e. The molecule has 0 saturated heterocycles. The van der Waals surface area contributed by atoms with Crippen molar-refractivity contribution in [2.45, 2.75) is 25.3 Å². The summed E-state index contributed by atoms with van der Waals surface area (Å²) in [5.41, 5.74) is 0.363. The van der Waals surface area contributed by atoms with Gasteiger partial charge in [-0.2, -0.15) is 5.26 Å². The van der Waals surface area contributed by atoms with Crippen molar-refractivity contribution in [3.05, 3.63) is 23.8 Å². The number of hydrogen-bond donors (Lipinski definition) is 2. The molecule has 0 bridgehead atoms. The fourth-order valence-electron chi connectivity index (χ4n) is 2.37. The van der Waals surface area contributed by atoms with E-state index in [1.54, 1.807) is 12.1 Å². The van der Waals surface area contributed by atoms with Crippen molar-refractivity contribution in [2.75, 3.05) is 7.11 Å². The maximum Gasteiger partial charge on any atom is 0.251 e. The minimum atomic E-state index is -0.273. The predicted octanol–water partition coefficient (Wildman–Crippen LogP) is 1.82. The van der Waals surface area contributed by atoms with Gasteiger partial charge in [0.2, 0.25) is 0 Å². The van der Waals surface area contributed by atoms with Gasteiger partial charge in [0.15, 0.2) is 11.5 Å². The number of aromatic hydroxyl groups is 1. The van der Waals surface area contributed by atoms with E-state index in [-0.39, 0.29) is 23.6 Å². The number of carbonyl (C=O) groups excluding carboxylic acids is 1. The van der Waals surface area contributed by atoms with Gasteiger partial charge >= 0.3 is 0 Å². The first-order valence-electron chi connectivity index (χ1n) is 6.23. The number of ether oxygens (including phenoxy) is 1. The Balaban J connectivity index is 2.08. The molecule has 2 unspecified atom stereocenters. The second-order valence-electron chi connectivity index (χ2n) is 4.63. The SMILES string of the molecule is COc1ccc(C(=O)NC2CCCC2C#N)cc1O. The fraction of sp³-hybridized carbons (Fsp3) is 0.429. The van der Waals surface area contributed by atoms with Crippen LogP contribution in [0.4, 0.5) is 0 Å². The van der Waals surface area contributed by atoms with E-state index in [0.717, 1.165) is 19.3 Å². The molecular formula is C14H16N2O3. The van der Waals surface area contributed by atoms with Gasteiger partial charge in [0.1, 0.15) is 0 Å². The van der Waals surface area contributed by atoms with Crippen molar-refractivity contribution in [2.24, 2.45) is 5.92 Å². The van der Waals surface area contributed by atoms with Crippen LogP contribution in [-0.2, 0) is 0 Å². The van der Waals surface area contributed by atoms with Crippen molar-refractivity contribution in [3.63, 3.8) is 0 Å². The Morgan fingerprint density at radius 3 is 2.95 bits per heavy atom. The zero-order chi connectivity index (χ0) is 13.8. The lowest BCUT2D eigenvalue weighted by Crippen LogP contribution is -2.36. The van der Waals surface area contributed by atoms with E-state index in [1.165, 1.54) is 13.2 Å². The van der Waals surface area contributed by atoms with Crippen molar-refractivity contribution < 1.29 is 14.6 Å². The van der Waals surface area contributed by atoms with Crippen LogP contribution in [0.3, 0.4) is 0 Å². The molecule has 2 rings (SSSR count). The summed E-state index contributed by atoms with van der Waals surface area (Å²) in [7, 11) is 1.45. The standard InChI is InChI=1S/C14H16N2O3/c1-19-13-6-5-9(7-12(13)17)14(18)16-11-4-2-3-10(11)8-15/h5-7,10-11,17H,2-4H2,1H3,(H,16,18). The zero-order valence-corrected chi connectivity index (χ0v) is 10.7. The molecule has 2 N–H and O–H groups in total. The summed E-state index contributed by atoms with van der Waals surface area (Å²) >= 11 is 0. The average Bonchev–Trinajstić information content (AvgIpc) is 2.85. The van der Waals surface area contributed by atoms with Gasteiger partial charge in [0.25, 0.3) is 5.91 Å². The molecule has 1 aliphatic carbocycles. The first-order valence-corrected chi connectivity index (χ1v) is 6.23. The van der Waals surface area contributed by atoms with Crippen LogP contribution in [0.15, 0.2) is 18.2 Å². The number of phenolic OH excluding ortho intramolecular Hbond substituents is 1. The number of phenols is 1. The van der Waals surface area contributed by atoms with Crippen molar-refractivity contribution in [1.82, 2.24) is 5.32 Å².